The average molecular weight is 286 g/mol. The number of carboxylic acids is 1. The third-order valence-electron chi connectivity index (χ3n) is 2.96. The maximum Gasteiger partial charge on any atom is 0.339 e. The van der Waals surface area contributed by atoms with Gasteiger partial charge in [-0.25, -0.2) is 14.2 Å². The highest BCUT2D eigenvalue weighted by Gasteiger charge is 2.13. The summed E-state index contributed by atoms with van der Waals surface area (Å²) in [7, 11) is 0. The first-order valence-corrected chi connectivity index (χ1v) is 6.22. The molecule has 0 aliphatic carbocycles. The standard InChI is InChI=1S/C15H11FN2O3/c16-10-4-5-12(15(19)20)13(7-10)21-9-11-8-18-6-2-1-3-14(18)17-11/h1-8H,9H2,(H,19,20). The first-order chi connectivity index (χ1) is 10.1. The lowest BCUT2D eigenvalue weighted by molar-refractivity contribution is 0.0691. The molecule has 0 aliphatic heterocycles. The van der Waals surface area contributed by atoms with Gasteiger partial charge in [-0.05, 0) is 24.3 Å². The predicted molar refractivity (Wildman–Crippen MR) is 72.9 cm³/mol. The topological polar surface area (TPSA) is 63.8 Å². The highest BCUT2D eigenvalue weighted by atomic mass is 19.1. The van der Waals surface area contributed by atoms with Gasteiger partial charge in [0, 0.05) is 18.5 Å². The zero-order valence-electron chi connectivity index (χ0n) is 10.9. The fourth-order valence-electron chi connectivity index (χ4n) is 2.00. The number of halogens is 1. The lowest BCUT2D eigenvalue weighted by Crippen LogP contribution is -2.04. The van der Waals surface area contributed by atoms with Crippen molar-refractivity contribution in [3.8, 4) is 5.75 Å². The van der Waals surface area contributed by atoms with Crippen molar-refractivity contribution >= 4 is 11.6 Å². The summed E-state index contributed by atoms with van der Waals surface area (Å²) in [6.45, 7) is 0.0609. The number of carboxylic acid groups (broad SMARTS) is 1. The van der Waals surface area contributed by atoms with Crippen LogP contribution in [0.25, 0.3) is 5.65 Å². The SMILES string of the molecule is O=C(O)c1ccc(F)cc1OCc1cn2ccccc2n1. The molecule has 6 heteroatoms. The molecular weight excluding hydrogens is 275 g/mol. The van der Waals surface area contributed by atoms with Crippen LogP contribution in [0, 0.1) is 5.82 Å². The van der Waals surface area contributed by atoms with Crippen LogP contribution in [0.5, 0.6) is 5.75 Å². The summed E-state index contributed by atoms with van der Waals surface area (Å²) in [4.78, 5) is 15.4. The number of pyridine rings is 1. The molecular formula is C15H11FN2O3. The second-order valence-corrected chi connectivity index (χ2v) is 4.43. The van der Waals surface area contributed by atoms with Crippen molar-refractivity contribution in [1.82, 2.24) is 9.38 Å². The van der Waals surface area contributed by atoms with Crippen molar-refractivity contribution in [2.75, 3.05) is 0 Å². The Hall–Kier alpha value is -2.89. The molecule has 0 aliphatic rings. The number of hydrogen-bond donors (Lipinski definition) is 1. The Bertz CT molecular complexity index is 781. The van der Waals surface area contributed by atoms with Crippen LogP contribution in [-0.2, 0) is 6.61 Å². The van der Waals surface area contributed by atoms with Crippen molar-refractivity contribution < 1.29 is 19.0 Å². The van der Waals surface area contributed by atoms with E-state index in [0.29, 0.717) is 5.69 Å². The summed E-state index contributed by atoms with van der Waals surface area (Å²) >= 11 is 0. The molecule has 0 radical (unpaired) electrons. The van der Waals surface area contributed by atoms with E-state index in [9.17, 15) is 9.18 Å². The van der Waals surface area contributed by atoms with Gasteiger partial charge < -0.3 is 14.2 Å². The van der Waals surface area contributed by atoms with Gasteiger partial charge in [-0.15, -0.1) is 0 Å². The molecule has 2 aromatic heterocycles. The number of benzene rings is 1. The first kappa shape index (κ1) is 13.1. The number of ether oxygens (including phenoxy) is 1. The number of carbonyl (C=O) groups is 1. The molecule has 5 nitrogen and oxygen atoms in total. The zero-order chi connectivity index (χ0) is 14.8. The van der Waals surface area contributed by atoms with Crippen molar-refractivity contribution in [1.29, 1.82) is 0 Å². The molecule has 0 atom stereocenters. The van der Waals surface area contributed by atoms with Gasteiger partial charge in [0.25, 0.3) is 0 Å². The van der Waals surface area contributed by atoms with Gasteiger partial charge in [0.05, 0.1) is 5.69 Å². The maximum atomic E-state index is 13.2. The predicted octanol–water partition coefficient (Wildman–Crippen LogP) is 2.75. The van der Waals surface area contributed by atoms with Crippen LogP contribution in [0.3, 0.4) is 0 Å². The molecule has 1 aromatic carbocycles. The number of nitrogens with zero attached hydrogens (tertiary/aromatic N) is 2. The molecule has 0 amide bonds. The Morgan fingerprint density at radius 1 is 1.33 bits per heavy atom. The number of hydrogen-bond acceptors (Lipinski definition) is 3. The van der Waals surface area contributed by atoms with Crippen LogP contribution in [0.15, 0.2) is 48.8 Å². The molecule has 21 heavy (non-hydrogen) atoms. The van der Waals surface area contributed by atoms with Gasteiger partial charge in [0.1, 0.15) is 29.4 Å². The minimum Gasteiger partial charge on any atom is -0.486 e. The van der Waals surface area contributed by atoms with Crippen LogP contribution in [0.4, 0.5) is 4.39 Å². The monoisotopic (exact) mass is 286 g/mol. The quantitative estimate of drug-likeness (QED) is 0.801. The van der Waals surface area contributed by atoms with Gasteiger partial charge in [-0.3, -0.25) is 0 Å². The second kappa shape index (κ2) is 5.24. The van der Waals surface area contributed by atoms with Crippen LogP contribution in [-0.4, -0.2) is 20.5 Å². The molecule has 0 saturated carbocycles. The van der Waals surface area contributed by atoms with E-state index >= 15 is 0 Å². The second-order valence-electron chi connectivity index (χ2n) is 4.43. The fourth-order valence-corrected chi connectivity index (χ4v) is 2.00. The Labute approximate surface area is 119 Å². The molecule has 3 rings (SSSR count). The maximum absolute atomic E-state index is 13.2. The van der Waals surface area contributed by atoms with E-state index in [2.05, 4.69) is 4.98 Å². The molecule has 0 spiro atoms. The summed E-state index contributed by atoms with van der Waals surface area (Å²) in [6, 6.07) is 8.89. The van der Waals surface area contributed by atoms with E-state index in [1.54, 1.807) is 6.20 Å². The lowest BCUT2D eigenvalue weighted by atomic mass is 10.2. The largest absolute Gasteiger partial charge is 0.486 e. The summed E-state index contributed by atoms with van der Waals surface area (Å²) in [5.74, 6) is -1.73. The normalized spacial score (nSPS) is 10.7. The highest BCUT2D eigenvalue weighted by molar-refractivity contribution is 5.90. The lowest BCUT2D eigenvalue weighted by Gasteiger charge is -2.07. The van der Waals surface area contributed by atoms with Gasteiger partial charge >= 0.3 is 5.97 Å². The Balaban J connectivity index is 1.84. The molecule has 0 saturated heterocycles. The summed E-state index contributed by atoms with van der Waals surface area (Å²) < 4.78 is 20.4. The van der Waals surface area contributed by atoms with Crippen LogP contribution in [0.1, 0.15) is 16.1 Å². The summed E-state index contributed by atoms with van der Waals surface area (Å²) in [5, 5.41) is 9.05. The third-order valence-corrected chi connectivity index (χ3v) is 2.96. The van der Waals surface area contributed by atoms with Crippen LogP contribution >= 0.6 is 0 Å². The zero-order valence-corrected chi connectivity index (χ0v) is 10.9. The smallest absolute Gasteiger partial charge is 0.339 e. The minimum absolute atomic E-state index is 0.0143. The van der Waals surface area contributed by atoms with E-state index in [4.69, 9.17) is 9.84 Å². The van der Waals surface area contributed by atoms with E-state index in [-0.39, 0.29) is 17.9 Å². The van der Waals surface area contributed by atoms with Crippen molar-refractivity contribution in [3.05, 3.63) is 65.9 Å². The van der Waals surface area contributed by atoms with Crippen LogP contribution in [0.2, 0.25) is 0 Å². The Morgan fingerprint density at radius 2 is 2.19 bits per heavy atom. The number of aromatic carboxylic acids is 1. The van der Waals surface area contributed by atoms with E-state index < -0.39 is 11.8 Å². The average Bonchev–Trinajstić information content (AvgIpc) is 2.87. The number of imidazole rings is 1. The minimum atomic E-state index is -1.17. The van der Waals surface area contributed by atoms with E-state index in [0.717, 1.165) is 17.8 Å². The molecule has 3 aromatic rings. The Kier molecular flexibility index (Phi) is 3.27. The Morgan fingerprint density at radius 3 is 2.95 bits per heavy atom. The summed E-state index contributed by atoms with van der Waals surface area (Å²) in [6.07, 6.45) is 3.62. The van der Waals surface area contributed by atoms with Crippen LogP contribution < -0.4 is 4.74 Å². The van der Waals surface area contributed by atoms with Crippen molar-refractivity contribution in [3.63, 3.8) is 0 Å². The van der Waals surface area contributed by atoms with Gasteiger partial charge in [0.15, 0.2) is 0 Å². The molecule has 0 bridgehead atoms. The fraction of sp³-hybridized carbons (Fsp3) is 0.0667. The van der Waals surface area contributed by atoms with Crippen molar-refractivity contribution in [2.24, 2.45) is 0 Å². The molecule has 1 N–H and O–H groups in total. The number of aromatic nitrogens is 2. The van der Waals surface area contributed by atoms with Gasteiger partial charge in [-0.1, -0.05) is 6.07 Å². The molecule has 0 fully saturated rings. The van der Waals surface area contributed by atoms with E-state index in [1.165, 1.54) is 6.07 Å². The van der Waals surface area contributed by atoms with E-state index in [1.807, 2.05) is 28.8 Å². The first-order valence-electron chi connectivity index (χ1n) is 6.22. The van der Waals surface area contributed by atoms with Gasteiger partial charge in [0.2, 0.25) is 0 Å². The highest BCUT2D eigenvalue weighted by Crippen LogP contribution is 2.21. The van der Waals surface area contributed by atoms with Crippen molar-refractivity contribution in [2.45, 2.75) is 6.61 Å². The van der Waals surface area contributed by atoms with Gasteiger partial charge in [-0.2, -0.15) is 0 Å². The summed E-state index contributed by atoms with van der Waals surface area (Å²) in [5.41, 5.74) is 1.30. The molecule has 0 unspecified atom stereocenters. The number of rotatable bonds is 4. The molecule has 2 heterocycles. The third kappa shape index (κ3) is 2.69. The number of fused-ring (bicyclic) bond motifs is 1. The molecule has 106 valence electrons.